The summed E-state index contributed by atoms with van der Waals surface area (Å²) in [6.45, 7) is 0. The average molecular weight is 253 g/mol. The molecule has 3 aromatic rings. The molecule has 94 valence electrons. The number of carbonyl (C=O) groups is 1. The average Bonchev–Trinajstić information content (AvgIpc) is 3.11. The fourth-order valence-corrected chi connectivity index (χ4v) is 1.67. The summed E-state index contributed by atoms with van der Waals surface area (Å²) in [5, 5.41) is 6.90. The molecule has 2 N–H and O–H groups in total. The van der Waals surface area contributed by atoms with Crippen molar-refractivity contribution in [2.75, 3.05) is 5.32 Å². The van der Waals surface area contributed by atoms with Crippen molar-refractivity contribution in [3.8, 4) is 5.82 Å². The predicted molar refractivity (Wildman–Crippen MR) is 70.1 cm³/mol. The number of rotatable bonds is 3. The molecule has 3 rings (SSSR count). The lowest BCUT2D eigenvalue weighted by Crippen LogP contribution is -2.11. The Bertz CT molecular complexity index is 672. The summed E-state index contributed by atoms with van der Waals surface area (Å²) in [6, 6.07) is 9.02. The van der Waals surface area contributed by atoms with Gasteiger partial charge in [-0.2, -0.15) is 5.10 Å². The lowest BCUT2D eigenvalue weighted by Gasteiger charge is -2.00. The Morgan fingerprint density at radius 3 is 2.95 bits per heavy atom. The van der Waals surface area contributed by atoms with Crippen LogP contribution in [0.15, 0.2) is 55.1 Å². The molecule has 6 nitrogen and oxygen atoms in total. The number of anilines is 1. The largest absolute Gasteiger partial charge is 0.357 e. The number of nitrogens with one attached hydrogen (secondary N) is 2. The molecule has 0 aromatic carbocycles. The number of hydrogen-bond donors (Lipinski definition) is 2. The van der Waals surface area contributed by atoms with E-state index in [1.54, 1.807) is 41.6 Å². The van der Waals surface area contributed by atoms with Gasteiger partial charge in [-0.25, -0.2) is 9.67 Å². The van der Waals surface area contributed by atoms with Crippen LogP contribution in [0.5, 0.6) is 0 Å². The van der Waals surface area contributed by atoms with Gasteiger partial charge in [0, 0.05) is 12.4 Å². The van der Waals surface area contributed by atoms with Crippen molar-refractivity contribution >= 4 is 11.6 Å². The summed E-state index contributed by atoms with van der Waals surface area (Å²) in [7, 11) is 0. The van der Waals surface area contributed by atoms with Crippen LogP contribution in [0.1, 0.15) is 10.5 Å². The van der Waals surface area contributed by atoms with Gasteiger partial charge in [0.1, 0.15) is 5.69 Å². The van der Waals surface area contributed by atoms with Gasteiger partial charge in [-0.1, -0.05) is 6.07 Å². The zero-order chi connectivity index (χ0) is 13.1. The highest BCUT2D eigenvalue weighted by molar-refractivity contribution is 6.02. The van der Waals surface area contributed by atoms with Crippen LogP contribution in [0.2, 0.25) is 0 Å². The number of aromatic nitrogens is 4. The Labute approximate surface area is 109 Å². The molecule has 0 fully saturated rings. The highest BCUT2D eigenvalue weighted by Gasteiger charge is 2.08. The third-order valence-electron chi connectivity index (χ3n) is 2.57. The second kappa shape index (κ2) is 4.77. The van der Waals surface area contributed by atoms with E-state index >= 15 is 0 Å². The summed E-state index contributed by atoms with van der Waals surface area (Å²) in [6.07, 6.45) is 6.68. The smallest absolute Gasteiger partial charge is 0.272 e. The summed E-state index contributed by atoms with van der Waals surface area (Å²) in [4.78, 5) is 18.8. The van der Waals surface area contributed by atoms with Crippen LogP contribution < -0.4 is 5.32 Å². The van der Waals surface area contributed by atoms with Crippen LogP contribution in [0, 0.1) is 0 Å². The quantitative estimate of drug-likeness (QED) is 0.748. The highest BCUT2D eigenvalue weighted by Crippen LogP contribution is 2.10. The van der Waals surface area contributed by atoms with E-state index < -0.39 is 0 Å². The van der Waals surface area contributed by atoms with Gasteiger partial charge >= 0.3 is 0 Å². The highest BCUT2D eigenvalue weighted by atomic mass is 16.1. The van der Waals surface area contributed by atoms with Gasteiger partial charge in [0.25, 0.3) is 5.91 Å². The molecule has 0 aliphatic heterocycles. The van der Waals surface area contributed by atoms with Crippen LogP contribution in [0.25, 0.3) is 5.82 Å². The van der Waals surface area contributed by atoms with Crippen molar-refractivity contribution < 1.29 is 4.79 Å². The Morgan fingerprint density at radius 1 is 1.26 bits per heavy atom. The van der Waals surface area contributed by atoms with E-state index in [2.05, 4.69) is 20.4 Å². The van der Waals surface area contributed by atoms with Crippen molar-refractivity contribution in [3.05, 3.63) is 60.8 Å². The van der Waals surface area contributed by atoms with Crippen molar-refractivity contribution in [2.45, 2.75) is 0 Å². The van der Waals surface area contributed by atoms with Gasteiger partial charge in [-0.15, -0.1) is 0 Å². The number of H-pyrrole nitrogens is 1. The molecule has 3 aromatic heterocycles. The Kier molecular flexibility index (Phi) is 2.82. The second-order valence-electron chi connectivity index (χ2n) is 3.90. The molecule has 19 heavy (non-hydrogen) atoms. The van der Waals surface area contributed by atoms with E-state index in [9.17, 15) is 4.79 Å². The topological polar surface area (TPSA) is 75.6 Å². The predicted octanol–water partition coefficient (Wildman–Crippen LogP) is 1.85. The lowest BCUT2D eigenvalue weighted by atomic mass is 10.4. The molecule has 0 aliphatic rings. The third-order valence-corrected chi connectivity index (χ3v) is 2.57. The van der Waals surface area contributed by atoms with Gasteiger partial charge in [0.05, 0.1) is 18.1 Å². The number of aromatic amines is 1. The Hall–Kier alpha value is -2.89. The van der Waals surface area contributed by atoms with Gasteiger partial charge in [-0.05, 0) is 24.3 Å². The number of pyridine rings is 1. The van der Waals surface area contributed by atoms with Gasteiger partial charge in [0.2, 0.25) is 0 Å². The van der Waals surface area contributed by atoms with Crippen LogP contribution in [-0.4, -0.2) is 25.7 Å². The normalized spacial score (nSPS) is 10.3. The first-order valence-electron chi connectivity index (χ1n) is 5.74. The molecule has 1 amide bonds. The van der Waals surface area contributed by atoms with Crippen LogP contribution in [-0.2, 0) is 0 Å². The van der Waals surface area contributed by atoms with E-state index in [-0.39, 0.29) is 5.91 Å². The molecular weight excluding hydrogens is 242 g/mol. The Balaban J connectivity index is 1.77. The number of hydrogen-bond acceptors (Lipinski definition) is 3. The van der Waals surface area contributed by atoms with Crippen LogP contribution in [0.4, 0.5) is 5.69 Å². The van der Waals surface area contributed by atoms with Crippen molar-refractivity contribution in [3.63, 3.8) is 0 Å². The molecule has 6 heteroatoms. The lowest BCUT2D eigenvalue weighted by molar-refractivity contribution is 0.102. The van der Waals surface area contributed by atoms with E-state index in [0.717, 1.165) is 0 Å². The molecule has 0 atom stereocenters. The minimum Gasteiger partial charge on any atom is -0.357 e. The Morgan fingerprint density at radius 2 is 2.21 bits per heavy atom. The zero-order valence-corrected chi connectivity index (χ0v) is 9.95. The third kappa shape index (κ3) is 2.37. The van der Waals surface area contributed by atoms with Gasteiger partial charge < -0.3 is 10.3 Å². The number of amides is 1. The van der Waals surface area contributed by atoms with Crippen LogP contribution >= 0.6 is 0 Å². The molecule has 0 radical (unpaired) electrons. The van der Waals surface area contributed by atoms with E-state index in [0.29, 0.717) is 17.2 Å². The molecule has 0 aliphatic carbocycles. The molecule has 0 spiro atoms. The van der Waals surface area contributed by atoms with Crippen molar-refractivity contribution in [1.29, 1.82) is 0 Å². The molecule has 0 unspecified atom stereocenters. The van der Waals surface area contributed by atoms with Crippen LogP contribution in [0.3, 0.4) is 0 Å². The minimum absolute atomic E-state index is 0.203. The minimum atomic E-state index is -0.203. The standard InChI is InChI=1S/C13H11N5O/c19-13(11-4-3-7-14-11)17-10-8-16-18(9-10)12-5-1-2-6-15-12/h1-9,14H,(H,17,19). The molecular formula is C13H11N5O. The SMILES string of the molecule is O=C(Nc1cnn(-c2ccccn2)c1)c1ccc[nH]1. The van der Waals surface area contributed by atoms with Gasteiger partial charge in [-0.3, -0.25) is 4.79 Å². The fourth-order valence-electron chi connectivity index (χ4n) is 1.67. The summed E-state index contributed by atoms with van der Waals surface area (Å²) < 4.78 is 1.60. The van der Waals surface area contributed by atoms with E-state index in [1.165, 1.54) is 0 Å². The summed E-state index contributed by atoms with van der Waals surface area (Å²) in [5.41, 5.74) is 1.12. The van der Waals surface area contributed by atoms with Crippen molar-refractivity contribution in [1.82, 2.24) is 19.7 Å². The molecule has 3 heterocycles. The van der Waals surface area contributed by atoms with E-state index in [4.69, 9.17) is 0 Å². The van der Waals surface area contributed by atoms with Gasteiger partial charge in [0.15, 0.2) is 5.82 Å². The number of carbonyl (C=O) groups excluding carboxylic acids is 1. The second-order valence-corrected chi connectivity index (χ2v) is 3.90. The number of nitrogens with zero attached hydrogens (tertiary/aromatic N) is 3. The molecule has 0 saturated carbocycles. The zero-order valence-electron chi connectivity index (χ0n) is 9.95. The maximum Gasteiger partial charge on any atom is 0.272 e. The molecule has 0 saturated heterocycles. The summed E-state index contributed by atoms with van der Waals surface area (Å²) >= 11 is 0. The maximum atomic E-state index is 11.8. The maximum absolute atomic E-state index is 11.8. The monoisotopic (exact) mass is 253 g/mol. The first-order valence-corrected chi connectivity index (χ1v) is 5.74. The van der Waals surface area contributed by atoms with E-state index in [1.807, 2.05) is 18.2 Å². The fraction of sp³-hybridized carbons (Fsp3) is 0. The first kappa shape index (κ1) is 11.2. The first-order chi connectivity index (χ1) is 9.33. The molecule has 0 bridgehead atoms. The summed E-state index contributed by atoms with van der Waals surface area (Å²) in [5.74, 6) is 0.494. The van der Waals surface area contributed by atoms with Crippen molar-refractivity contribution in [2.24, 2.45) is 0 Å².